The highest BCUT2D eigenvalue weighted by atomic mass is 32.1. The van der Waals surface area contributed by atoms with Crippen molar-refractivity contribution in [1.29, 1.82) is 0 Å². The molecule has 1 atom stereocenters. The Morgan fingerprint density at radius 2 is 2.00 bits per heavy atom. The largest absolute Gasteiger partial charge is 0.389 e. The molecule has 0 saturated carbocycles. The van der Waals surface area contributed by atoms with E-state index in [1.165, 1.54) is 0 Å². The number of benzene rings is 1. The monoisotopic (exact) mass is 428 g/mol. The van der Waals surface area contributed by atoms with Crippen molar-refractivity contribution in [3.63, 3.8) is 0 Å². The van der Waals surface area contributed by atoms with Crippen molar-refractivity contribution in [3.8, 4) is 11.1 Å². The standard InChI is InChI=1S/C22H28N4O3S/c1-25(12-17(27)14-28-2)21-20-18(16-6-4-3-5-7-16)15-30-22(20)24-19(23-21)13-26-8-10-29-11-9-26/h3-7,15,17,27H,8-14H2,1-2H3/t17-/m0/s1. The van der Waals surface area contributed by atoms with Gasteiger partial charge in [0.25, 0.3) is 0 Å². The van der Waals surface area contributed by atoms with Crippen LogP contribution in [-0.4, -0.2) is 79.7 Å². The van der Waals surface area contributed by atoms with E-state index >= 15 is 0 Å². The van der Waals surface area contributed by atoms with Crippen LogP contribution in [0.15, 0.2) is 35.7 Å². The van der Waals surface area contributed by atoms with E-state index in [1.807, 2.05) is 30.1 Å². The Morgan fingerprint density at radius 3 is 2.73 bits per heavy atom. The number of aromatic nitrogens is 2. The maximum atomic E-state index is 10.3. The molecule has 2 aromatic heterocycles. The summed E-state index contributed by atoms with van der Waals surface area (Å²) in [7, 11) is 3.56. The SMILES string of the molecule is COC[C@@H](O)CN(C)c1nc(CN2CCOCC2)nc2scc(-c3ccccc3)c12. The third-order valence-corrected chi connectivity index (χ3v) is 6.09. The molecule has 4 rings (SSSR count). The first-order valence-corrected chi connectivity index (χ1v) is 11.1. The van der Waals surface area contributed by atoms with Gasteiger partial charge in [-0.3, -0.25) is 4.90 Å². The summed E-state index contributed by atoms with van der Waals surface area (Å²) in [6.45, 7) is 4.68. The highest BCUT2D eigenvalue weighted by molar-refractivity contribution is 7.17. The van der Waals surface area contributed by atoms with Gasteiger partial charge in [0.15, 0.2) is 0 Å². The van der Waals surface area contributed by atoms with Crippen molar-refractivity contribution in [3.05, 3.63) is 41.5 Å². The quantitative estimate of drug-likeness (QED) is 0.591. The van der Waals surface area contributed by atoms with Gasteiger partial charge in [0.05, 0.1) is 37.9 Å². The summed E-state index contributed by atoms with van der Waals surface area (Å²) in [6, 6.07) is 10.3. The first kappa shape index (κ1) is 21.1. The maximum Gasteiger partial charge on any atom is 0.146 e. The lowest BCUT2D eigenvalue weighted by atomic mass is 10.1. The molecular formula is C22H28N4O3S. The second-order valence-corrected chi connectivity index (χ2v) is 8.40. The Hall–Kier alpha value is -2.10. The minimum Gasteiger partial charge on any atom is -0.389 e. The molecule has 7 nitrogen and oxygen atoms in total. The summed E-state index contributed by atoms with van der Waals surface area (Å²) < 4.78 is 10.6. The molecule has 0 radical (unpaired) electrons. The molecule has 30 heavy (non-hydrogen) atoms. The zero-order chi connectivity index (χ0) is 20.9. The zero-order valence-corrected chi connectivity index (χ0v) is 18.3. The number of fused-ring (bicyclic) bond motifs is 1. The van der Waals surface area contributed by atoms with Crippen LogP contribution in [0.5, 0.6) is 0 Å². The van der Waals surface area contributed by atoms with Crippen LogP contribution in [0.1, 0.15) is 5.82 Å². The molecule has 1 N–H and O–H groups in total. The summed E-state index contributed by atoms with van der Waals surface area (Å²) in [5.41, 5.74) is 2.26. The Morgan fingerprint density at radius 1 is 1.23 bits per heavy atom. The van der Waals surface area contributed by atoms with Crippen LogP contribution in [0.3, 0.4) is 0 Å². The molecular weight excluding hydrogens is 400 g/mol. The number of anilines is 1. The van der Waals surface area contributed by atoms with Crippen LogP contribution in [-0.2, 0) is 16.0 Å². The lowest BCUT2D eigenvalue weighted by molar-refractivity contribution is 0.0331. The van der Waals surface area contributed by atoms with Gasteiger partial charge < -0.3 is 19.5 Å². The molecule has 160 valence electrons. The fraction of sp³-hybridized carbons (Fsp3) is 0.455. The van der Waals surface area contributed by atoms with Gasteiger partial charge >= 0.3 is 0 Å². The minimum atomic E-state index is -0.591. The summed E-state index contributed by atoms with van der Waals surface area (Å²) in [6.07, 6.45) is -0.591. The lowest BCUT2D eigenvalue weighted by Crippen LogP contribution is -2.36. The second kappa shape index (κ2) is 9.80. The van der Waals surface area contributed by atoms with Gasteiger partial charge in [-0.15, -0.1) is 11.3 Å². The van der Waals surface area contributed by atoms with Crippen molar-refractivity contribution in [2.24, 2.45) is 0 Å². The number of thiophene rings is 1. The number of aliphatic hydroxyl groups is 1. The van der Waals surface area contributed by atoms with Crippen LogP contribution in [0, 0.1) is 0 Å². The van der Waals surface area contributed by atoms with Crippen LogP contribution in [0.25, 0.3) is 21.3 Å². The van der Waals surface area contributed by atoms with Gasteiger partial charge in [0.2, 0.25) is 0 Å². The van der Waals surface area contributed by atoms with E-state index in [-0.39, 0.29) is 6.61 Å². The number of hydrogen-bond donors (Lipinski definition) is 1. The molecule has 1 fully saturated rings. The van der Waals surface area contributed by atoms with E-state index in [0.717, 1.165) is 59.3 Å². The van der Waals surface area contributed by atoms with E-state index in [9.17, 15) is 5.11 Å². The molecule has 1 aliphatic heterocycles. The molecule has 3 heterocycles. The average Bonchev–Trinajstić information content (AvgIpc) is 3.18. The van der Waals surface area contributed by atoms with Crippen LogP contribution in [0.2, 0.25) is 0 Å². The predicted octanol–water partition coefficient (Wildman–Crippen LogP) is 2.63. The maximum absolute atomic E-state index is 10.3. The van der Waals surface area contributed by atoms with Gasteiger partial charge in [0, 0.05) is 44.7 Å². The predicted molar refractivity (Wildman–Crippen MR) is 120 cm³/mol. The van der Waals surface area contributed by atoms with Crippen molar-refractivity contribution >= 4 is 27.4 Å². The minimum absolute atomic E-state index is 0.286. The summed E-state index contributed by atoms with van der Waals surface area (Å²) in [4.78, 5) is 15.1. The second-order valence-electron chi connectivity index (χ2n) is 7.54. The van der Waals surface area contributed by atoms with Crippen LogP contribution in [0.4, 0.5) is 5.82 Å². The summed E-state index contributed by atoms with van der Waals surface area (Å²) in [5.74, 6) is 1.65. The number of rotatable bonds is 8. The molecule has 1 aromatic carbocycles. The highest BCUT2D eigenvalue weighted by Crippen LogP contribution is 2.38. The molecule has 0 spiro atoms. The first-order chi connectivity index (χ1) is 14.7. The van der Waals surface area contributed by atoms with Crippen molar-refractivity contribution < 1.29 is 14.6 Å². The highest BCUT2D eigenvalue weighted by Gasteiger charge is 2.21. The molecule has 0 unspecified atom stereocenters. The molecule has 0 aliphatic carbocycles. The Balaban J connectivity index is 1.73. The lowest BCUT2D eigenvalue weighted by Gasteiger charge is -2.27. The Bertz CT molecular complexity index is 960. The fourth-order valence-corrected chi connectivity index (χ4v) is 4.71. The molecule has 1 saturated heterocycles. The molecule has 0 bridgehead atoms. The number of hydrogen-bond acceptors (Lipinski definition) is 8. The Kier molecular flexibility index (Phi) is 6.91. The van der Waals surface area contributed by atoms with E-state index in [0.29, 0.717) is 13.1 Å². The average molecular weight is 429 g/mol. The number of aliphatic hydroxyl groups excluding tert-OH is 1. The fourth-order valence-electron chi connectivity index (χ4n) is 3.75. The number of methoxy groups -OCH3 is 1. The zero-order valence-electron chi connectivity index (χ0n) is 17.5. The van der Waals surface area contributed by atoms with Crippen molar-refractivity contribution in [2.75, 3.05) is 58.5 Å². The normalized spacial score (nSPS) is 16.1. The van der Waals surface area contributed by atoms with E-state index in [2.05, 4.69) is 22.4 Å². The van der Waals surface area contributed by atoms with E-state index in [1.54, 1.807) is 18.4 Å². The van der Waals surface area contributed by atoms with E-state index in [4.69, 9.17) is 19.4 Å². The van der Waals surface area contributed by atoms with Gasteiger partial charge in [-0.1, -0.05) is 30.3 Å². The van der Waals surface area contributed by atoms with Gasteiger partial charge in [-0.2, -0.15) is 0 Å². The summed E-state index contributed by atoms with van der Waals surface area (Å²) in [5, 5.41) is 13.5. The smallest absolute Gasteiger partial charge is 0.146 e. The van der Waals surface area contributed by atoms with Gasteiger partial charge in [-0.25, -0.2) is 9.97 Å². The number of nitrogens with zero attached hydrogens (tertiary/aromatic N) is 4. The number of ether oxygens (including phenoxy) is 2. The first-order valence-electron chi connectivity index (χ1n) is 10.2. The van der Waals surface area contributed by atoms with Gasteiger partial charge in [0.1, 0.15) is 16.5 Å². The summed E-state index contributed by atoms with van der Waals surface area (Å²) >= 11 is 1.64. The van der Waals surface area contributed by atoms with E-state index < -0.39 is 6.10 Å². The molecule has 8 heteroatoms. The molecule has 0 amide bonds. The third-order valence-electron chi connectivity index (χ3n) is 5.22. The van der Waals surface area contributed by atoms with Crippen molar-refractivity contribution in [1.82, 2.24) is 14.9 Å². The number of likely N-dealkylation sites (N-methyl/N-ethyl adjacent to an activating group) is 1. The Labute approximate surface area is 180 Å². The topological polar surface area (TPSA) is 71.0 Å². The molecule has 3 aromatic rings. The van der Waals surface area contributed by atoms with Crippen LogP contribution >= 0.6 is 11.3 Å². The number of morpholine rings is 1. The third kappa shape index (κ3) is 4.79. The molecule has 1 aliphatic rings. The van der Waals surface area contributed by atoms with Gasteiger partial charge in [-0.05, 0) is 5.56 Å². The van der Waals surface area contributed by atoms with Crippen LogP contribution < -0.4 is 4.90 Å². The van der Waals surface area contributed by atoms with Crippen molar-refractivity contribution in [2.45, 2.75) is 12.6 Å².